The molecule has 2 nitrogen and oxygen atoms in total. The van der Waals surface area contributed by atoms with Crippen LogP contribution in [0.25, 0.3) is 77.2 Å². The minimum Gasteiger partial charge on any atom is -0.456 e. The lowest BCUT2D eigenvalue weighted by Crippen LogP contribution is -1.98. The van der Waals surface area contributed by atoms with Gasteiger partial charge in [-0.3, -0.25) is 0 Å². The van der Waals surface area contributed by atoms with Crippen LogP contribution in [0.1, 0.15) is 35.6 Å². The highest BCUT2D eigenvalue weighted by Crippen LogP contribution is 2.51. The normalized spacial score (nSPS) is 20.2. The summed E-state index contributed by atoms with van der Waals surface area (Å²) in [4.78, 5) is 0. The molecule has 0 saturated heterocycles. The smallest absolute Gasteiger partial charge is 0.135 e. The molecule has 0 atom stereocenters. The summed E-state index contributed by atoms with van der Waals surface area (Å²) in [6, 6.07) is -23.5. The van der Waals surface area contributed by atoms with Gasteiger partial charge in [0.2, 0.25) is 0 Å². The highest BCUT2D eigenvalue weighted by molar-refractivity contribution is 6.12. The Kier molecular flexibility index (Phi) is 2.26. The van der Waals surface area contributed by atoms with E-state index < -0.39 is 257 Å². The van der Waals surface area contributed by atoms with E-state index in [4.69, 9.17) is 32.8 Å². The molecule has 46 heavy (non-hydrogen) atoms. The van der Waals surface area contributed by atoms with Crippen molar-refractivity contribution in [2.24, 2.45) is 0 Å². The Morgan fingerprint density at radius 3 is 1.30 bits per heavy atom. The van der Waals surface area contributed by atoms with Crippen molar-refractivity contribution in [3.63, 3.8) is 0 Å². The molecule has 10 rings (SSSR count). The van der Waals surface area contributed by atoms with Crippen molar-refractivity contribution in [1.82, 2.24) is 0 Å². The maximum Gasteiger partial charge on any atom is 0.135 e. The number of hydrogen-bond donors (Lipinski definition) is 0. The van der Waals surface area contributed by atoms with Crippen molar-refractivity contribution in [3.05, 3.63) is 157 Å². The minimum absolute atomic E-state index is 0.471. The van der Waals surface area contributed by atoms with Gasteiger partial charge in [-0.1, -0.05) is 115 Å². The summed E-state index contributed by atoms with van der Waals surface area (Å²) in [6.45, 7) is 0. The zero-order valence-corrected chi connectivity index (χ0v) is 22.8. The van der Waals surface area contributed by atoms with Crippen molar-refractivity contribution in [3.8, 4) is 78.6 Å². The molecule has 2 aliphatic heterocycles. The Bertz CT molecular complexity index is 3750. The summed E-state index contributed by atoms with van der Waals surface area (Å²) in [7, 11) is 0. The number of rotatable bonds is 3. The maximum atomic E-state index is 10.0. The SMILES string of the molecule is [2H]c1c([2H])c([2H])c(-c2c([2H])c(-c3c([2H])c([2H])c4c5c(c([2H])c([2H])c([2H])c35)-c3c([2H])c([2H])c([2H])c([2H])c3O4)c([2H])c(-c3c([2H])c([2H])c4c5c(c([2H])c([2H])c([2H])c35)-c3c([2H])c([2H])c([2H])c([2H])c3O4)c2[2H])c([2H])c1[2H]. The van der Waals surface area contributed by atoms with Crippen molar-refractivity contribution >= 4 is 21.5 Å². The van der Waals surface area contributed by atoms with E-state index in [-0.39, 0.29) is 0 Å². The van der Waals surface area contributed by atoms with E-state index in [0.29, 0.717) is 0 Å². The summed E-state index contributed by atoms with van der Waals surface area (Å²) >= 11 is 0. The molecule has 0 amide bonds. The Morgan fingerprint density at radius 1 is 0.304 bits per heavy atom. The third-order valence-electron chi connectivity index (χ3n) is 7.52. The molecular formula is C44H26O2. The van der Waals surface area contributed by atoms with Crippen LogP contribution in [0.2, 0.25) is 0 Å². The van der Waals surface area contributed by atoms with Crippen LogP contribution >= 0.6 is 0 Å². The van der Waals surface area contributed by atoms with Gasteiger partial charge in [0.15, 0.2) is 0 Å². The van der Waals surface area contributed by atoms with Crippen molar-refractivity contribution in [2.45, 2.75) is 0 Å². The van der Waals surface area contributed by atoms with E-state index in [0.717, 1.165) is 0 Å². The topological polar surface area (TPSA) is 18.5 Å². The molecule has 0 aliphatic carbocycles. The molecule has 0 spiro atoms. The van der Waals surface area contributed by atoms with Crippen LogP contribution in [0.3, 0.4) is 0 Å². The zero-order valence-electron chi connectivity index (χ0n) is 48.8. The average Bonchev–Trinajstić information content (AvgIpc) is 3.35. The summed E-state index contributed by atoms with van der Waals surface area (Å²) in [6.07, 6.45) is 0. The van der Waals surface area contributed by atoms with Gasteiger partial charge in [0.1, 0.15) is 23.0 Å². The second-order valence-corrected chi connectivity index (χ2v) is 10.0. The molecule has 0 saturated carbocycles. The Balaban J connectivity index is 1.48. The van der Waals surface area contributed by atoms with Gasteiger partial charge >= 0.3 is 0 Å². The standard InChI is InChI=1S/C44H26O2/c1-2-10-27(11-3-1)28-24-29(31-20-22-41-43-35(31)14-8-16-37(43)33-12-4-6-18-39(33)45-41)26-30(25-28)32-21-23-42-44-36(32)15-9-17-38(44)34-13-5-7-19-40(34)46-42/h1-26H/i1D,2D,3D,4D,5D,6D,7D,8D,9D,10D,11D,12D,13D,14D,15D,16D,17D,18D,19D,20D,21D,22D,23D,24D,25D,26D. The molecule has 2 heteroatoms. The van der Waals surface area contributed by atoms with Gasteiger partial charge in [-0.05, 0) is 97.6 Å². The molecule has 0 fully saturated rings. The Morgan fingerprint density at radius 2 is 0.761 bits per heavy atom. The molecule has 8 aromatic carbocycles. The van der Waals surface area contributed by atoms with Gasteiger partial charge in [-0.25, -0.2) is 0 Å². The number of fused-ring (bicyclic) bond motifs is 4. The minimum atomic E-state index is -1.09. The van der Waals surface area contributed by atoms with Gasteiger partial charge in [0.05, 0.1) is 35.6 Å². The van der Waals surface area contributed by atoms with E-state index in [1.54, 1.807) is 0 Å². The van der Waals surface area contributed by atoms with Gasteiger partial charge < -0.3 is 9.47 Å². The molecule has 0 aromatic heterocycles. The van der Waals surface area contributed by atoms with E-state index in [1.165, 1.54) is 0 Å². The molecule has 2 aliphatic rings. The Hall–Kier alpha value is -6.12. The van der Waals surface area contributed by atoms with Crippen LogP contribution in [-0.2, 0) is 0 Å². The van der Waals surface area contributed by atoms with Crippen LogP contribution in [0.5, 0.6) is 23.0 Å². The van der Waals surface area contributed by atoms with Crippen LogP contribution < -0.4 is 9.47 Å². The number of benzene rings is 8. The lowest BCUT2D eigenvalue weighted by Gasteiger charge is -2.23. The van der Waals surface area contributed by atoms with Gasteiger partial charge in [0, 0.05) is 21.9 Å². The first-order chi connectivity index (χ1) is 33.6. The van der Waals surface area contributed by atoms with Crippen molar-refractivity contribution < 1.29 is 45.1 Å². The maximum absolute atomic E-state index is 10.0. The number of hydrogen-bond acceptors (Lipinski definition) is 2. The van der Waals surface area contributed by atoms with E-state index in [1.807, 2.05) is 0 Å². The molecule has 8 aromatic rings. The second kappa shape index (κ2) is 9.69. The predicted octanol–water partition coefficient (Wildman–Crippen LogP) is 12.5. The molecule has 2 heterocycles. The molecule has 214 valence electrons. The molecule has 0 bridgehead atoms. The fourth-order valence-electron chi connectivity index (χ4n) is 5.56. The average molecular weight is 613 g/mol. The summed E-state index contributed by atoms with van der Waals surface area (Å²) in [5.41, 5.74) is -7.06. The lowest BCUT2D eigenvalue weighted by atomic mass is 9.86. The van der Waals surface area contributed by atoms with Crippen LogP contribution in [0.15, 0.2) is 157 Å². The fourth-order valence-corrected chi connectivity index (χ4v) is 5.56. The first kappa shape index (κ1) is 10.8. The van der Waals surface area contributed by atoms with Crippen LogP contribution in [0.4, 0.5) is 0 Å². The van der Waals surface area contributed by atoms with E-state index >= 15 is 0 Å². The number of para-hydroxylation sites is 2. The fraction of sp³-hybridized carbons (Fsp3) is 0. The quantitative estimate of drug-likeness (QED) is 0.198. The van der Waals surface area contributed by atoms with Crippen LogP contribution in [-0.4, -0.2) is 0 Å². The third-order valence-corrected chi connectivity index (χ3v) is 7.52. The van der Waals surface area contributed by atoms with Gasteiger partial charge in [-0.2, -0.15) is 0 Å². The summed E-state index contributed by atoms with van der Waals surface area (Å²) in [5.74, 6) is -2.47. The predicted molar refractivity (Wildman–Crippen MR) is 189 cm³/mol. The molecule has 0 unspecified atom stereocenters. The first-order valence-electron chi connectivity index (χ1n) is 26.6. The second-order valence-electron chi connectivity index (χ2n) is 10.0. The highest BCUT2D eigenvalue weighted by Gasteiger charge is 2.23. The summed E-state index contributed by atoms with van der Waals surface area (Å²) in [5, 5.41) is -2.20. The largest absolute Gasteiger partial charge is 0.456 e. The Labute approximate surface area is 303 Å². The first-order valence-corrected chi connectivity index (χ1v) is 13.6. The van der Waals surface area contributed by atoms with Crippen molar-refractivity contribution in [1.29, 1.82) is 0 Å². The van der Waals surface area contributed by atoms with E-state index in [9.17, 15) is 12.3 Å². The highest BCUT2D eigenvalue weighted by atomic mass is 16.5. The zero-order chi connectivity index (χ0) is 52.8. The van der Waals surface area contributed by atoms with Gasteiger partial charge in [-0.15, -0.1) is 0 Å². The monoisotopic (exact) mass is 612 g/mol. The lowest BCUT2D eigenvalue weighted by molar-refractivity contribution is 0.487. The van der Waals surface area contributed by atoms with Gasteiger partial charge in [0.25, 0.3) is 0 Å². The number of ether oxygens (including phenoxy) is 2. The van der Waals surface area contributed by atoms with E-state index in [2.05, 4.69) is 0 Å². The molecular weight excluding hydrogens is 560 g/mol. The van der Waals surface area contributed by atoms with Crippen molar-refractivity contribution in [2.75, 3.05) is 0 Å². The van der Waals surface area contributed by atoms with Crippen LogP contribution in [0, 0.1) is 0 Å². The summed E-state index contributed by atoms with van der Waals surface area (Å²) < 4.78 is 246. The molecule has 0 radical (unpaired) electrons. The third kappa shape index (κ3) is 3.71. The molecule has 0 N–H and O–H groups in total.